The Labute approximate surface area is 168 Å². The van der Waals surface area contributed by atoms with E-state index in [1.165, 1.54) is 7.11 Å². The average molecular weight is 391 g/mol. The van der Waals surface area contributed by atoms with Crippen LogP contribution < -0.4 is 9.47 Å². The van der Waals surface area contributed by atoms with Gasteiger partial charge in [-0.25, -0.2) is 9.78 Å². The van der Waals surface area contributed by atoms with Gasteiger partial charge in [0.2, 0.25) is 0 Å². The number of nitrogens with zero attached hydrogens (tertiary/aromatic N) is 2. The number of fused-ring (bicyclic) bond motifs is 1. The van der Waals surface area contributed by atoms with E-state index in [0.717, 1.165) is 16.6 Å². The molecule has 29 heavy (non-hydrogen) atoms. The Morgan fingerprint density at radius 1 is 1.24 bits per heavy atom. The van der Waals surface area contributed by atoms with Crippen LogP contribution in [0.1, 0.15) is 25.2 Å². The van der Waals surface area contributed by atoms with Crippen molar-refractivity contribution in [2.75, 3.05) is 13.7 Å². The number of rotatable bonds is 7. The summed E-state index contributed by atoms with van der Waals surface area (Å²) in [6.07, 6.45) is 1.50. The number of H-pyrrole nitrogens is 1. The van der Waals surface area contributed by atoms with Crippen LogP contribution in [0.3, 0.4) is 0 Å². The number of nitrogens with one attached hydrogen (secondary N) is 1. The number of aromatic amines is 1. The van der Waals surface area contributed by atoms with Crippen molar-refractivity contribution in [3.8, 4) is 17.6 Å². The third kappa shape index (κ3) is 4.93. The zero-order valence-corrected chi connectivity index (χ0v) is 16.4. The van der Waals surface area contributed by atoms with Crippen LogP contribution in [-0.4, -0.2) is 35.8 Å². The Kier molecular flexibility index (Phi) is 6.15. The topological polar surface area (TPSA) is 97.2 Å². The first-order valence-corrected chi connectivity index (χ1v) is 9.07. The van der Waals surface area contributed by atoms with Gasteiger partial charge in [0.25, 0.3) is 0 Å². The second-order valence-electron chi connectivity index (χ2n) is 6.51. The lowest BCUT2D eigenvalue weighted by atomic mass is 10.1. The highest BCUT2D eigenvalue weighted by Gasteiger charge is 2.12. The fraction of sp³-hybridized carbons (Fsp3) is 0.227. The molecule has 0 spiro atoms. The third-order valence-electron chi connectivity index (χ3n) is 3.98. The predicted octanol–water partition coefficient (Wildman–Crippen LogP) is 3.97. The number of para-hydroxylation sites is 2. The molecule has 0 saturated heterocycles. The number of carbonyl (C=O) groups excluding carboxylic acids is 1. The molecule has 0 aliphatic heterocycles. The molecule has 0 radical (unpaired) electrons. The smallest absolute Gasteiger partial charge is 0.344 e. The second-order valence-corrected chi connectivity index (χ2v) is 6.51. The van der Waals surface area contributed by atoms with Gasteiger partial charge in [-0.15, -0.1) is 0 Å². The molecule has 0 bridgehead atoms. The van der Waals surface area contributed by atoms with E-state index in [1.807, 2.05) is 24.3 Å². The highest BCUT2D eigenvalue weighted by molar-refractivity contribution is 5.90. The fourth-order valence-electron chi connectivity index (χ4n) is 2.73. The van der Waals surface area contributed by atoms with E-state index in [-0.39, 0.29) is 12.7 Å². The van der Waals surface area contributed by atoms with E-state index < -0.39 is 5.97 Å². The lowest BCUT2D eigenvalue weighted by Crippen LogP contribution is -2.18. The first-order valence-electron chi connectivity index (χ1n) is 9.07. The lowest BCUT2D eigenvalue weighted by molar-refractivity contribution is -0.149. The number of carbonyl (C=O) groups is 1. The summed E-state index contributed by atoms with van der Waals surface area (Å²) in [5.74, 6) is 0.887. The number of allylic oxidation sites excluding steroid dienone is 1. The number of methoxy groups -OCH3 is 1. The molecule has 2 aromatic carbocycles. The summed E-state index contributed by atoms with van der Waals surface area (Å²) in [5, 5.41) is 9.58. The number of ether oxygens (including phenoxy) is 3. The minimum atomic E-state index is -0.456. The van der Waals surface area contributed by atoms with Gasteiger partial charge in [0, 0.05) is 0 Å². The summed E-state index contributed by atoms with van der Waals surface area (Å²) in [5.41, 5.74) is 2.77. The van der Waals surface area contributed by atoms with E-state index in [2.05, 4.69) is 16.0 Å². The maximum atomic E-state index is 11.7. The van der Waals surface area contributed by atoms with Crippen LogP contribution in [0.25, 0.3) is 22.7 Å². The van der Waals surface area contributed by atoms with Gasteiger partial charge in [-0.2, -0.15) is 5.26 Å². The summed E-state index contributed by atoms with van der Waals surface area (Å²) < 4.78 is 15.9. The maximum absolute atomic E-state index is 11.7. The van der Waals surface area contributed by atoms with Crippen molar-refractivity contribution in [2.45, 2.75) is 20.0 Å². The molecule has 0 aliphatic rings. The van der Waals surface area contributed by atoms with Crippen LogP contribution in [0, 0.1) is 11.3 Å². The molecule has 1 heterocycles. The van der Waals surface area contributed by atoms with Gasteiger partial charge in [0.15, 0.2) is 18.1 Å². The Bertz CT molecular complexity index is 1060. The lowest BCUT2D eigenvalue weighted by Gasteiger charge is -2.12. The summed E-state index contributed by atoms with van der Waals surface area (Å²) in [7, 11) is 1.51. The Morgan fingerprint density at radius 2 is 2.03 bits per heavy atom. The normalized spacial score (nSPS) is 11.3. The molecule has 0 amide bonds. The van der Waals surface area contributed by atoms with Crippen molar-refractivity contribution < 1.29 is 19.0 Å². The van der Waals surface area contributed by atoms with Crippen LogP contribution in [0.4, 0.5) is 0 Å². The summed E-state index contributed by atoms with van der Waals surface area (Å²) >= 11 is 0. The average Bonchev–Trinajstić information content (AvgIpc) is 3.14. The Morgan fingerprint density at radius 3 is 2.72 bits per heavy atom. The van der Waals surface area contributed by atoms with E-state index in [9.17, 15) is 10.1 Å². The van der Waals surface area contributed by atoms with Gasteiger partial charge < -0.3 is 19.2 Å². The first-order chi connectivity index (χ1) is 14.0. The number of benzene rings is 2. The van der Waals surface area contributed by atoms with E-state index in [0.29, 0.717) is 22.9 Å². The van der Waals surface area contributed by atoms with Crippen molar-refractivity contribution in [1.82, 2.24) is 9.97 Å². The minimum absolute atomic E-state index is 0.205. The van der Waals surface area contributed by atoms with Gasteiger partial charge in [0.05, 0.1) is 29.8 Å². The van der Waals surface area contributed by atoms with Crippen LogP contribution in [0.15, 0.2) is 42.5 Å². The number of aromatic nitrogens is 2. The van der Waals surface area contributed by atoms with Gasteiger partial charge in [-0.05, 0) is 49.8 Å². The zero-order chi connectivity index (χ0) is 20.8. The predicted molar refractivity (Wildman–Crippen MR) is 109 cm³/mol. The molecule has 0 unspecified atom stereocenters. The van der Waals surface area contributed by atoms with Gasteiger partial charge >= 0.3 is 5.97 Å². The number of hydrogen-bond acceptors (Lipinski definition) is 6. The molecule has 0 atom stereocenters. The highest BCUT2D eigenvalue weighted by atomic mass is 16.6. The molecule has 0 fully saturated rings. The van der Waals surface area contributed by atoms with Crippen LogP contribution in [-0.2, 0) is 9.53 Å². The standard InChI is InChI=1S/C22H21N3O4/c1-14(2)29-21(26)13-28-19-9-8-15(11-20(19)27-3)10-16(12-23)22-24-17-6-4-5-7-18(17)25-22/h4-11,14H,13H2,1-3H3,(H,24,25). The second kappa shape index (κ2) is 8.93. The van der Waals surface area contributed by atoms with Crippen LogP contribution >= 0.6 is 0 Å². The molecule has 3 aromatic rings. The largest absolute Gasteiger partial charge is 0.493 e. The Hall–Kier alpha value is -3.79. The Balaban J connectivity index is 1.82. The number of esters is 1. The van der Waals surface area contributed by atoms with Crippen molar-refractivity contribution in [1.29, 1.82) is 5.26 Å². The van der Waals surface area contributed by atoms with E-state index in [1.54, 1.807) is 38.1 Å². The fourth-order valence-corrected chi connectivity index (χ4v) is 2.73. The van der Waals surface area contributed by atoms with Crippen molar-refractivity contribution in [3.63, 3.8) is 0 Å². The van der Waals surface area contributed by atoms with Gasteiger partial charge in [-0.3, -0.25) is 0 Å². The number of imidazole rings is 1. The molecule has 0 saturated carbocycles. The molecular formula is C22H21N3O4. The van der Waals surface area contributed by atoms with Crippen molar-refractivity contribution in [2.24, 2.45) is 0 Å². The minimum Gasteiger partial charge on any atom is -0.493 e. The molecule has 0 aliphatic carbocycles. The van der Waals surface area contributed by atoms with Gasteiger partial charge in [-0.1, -0.05) is 18.2 Å². The van der Waals surface area contributed by atoms with Crippen molar-refractivity contribution in [3.05, 3.63) is 53.9 Å². The van der Waals surface area contributed by atoms with Crippen LogP contribution in [0.2, 0.25) is 0 Å². The highest BCUT2D eigenvalue weighted by Crippen LogP contribution is 2.30. The molecule has 3 rings (SSSR count). The van der Waals surface area contributed by atoms with E-state index in [4.69, 9.17) is 14.2 Å². The molecule has 7 heteroatoms. The monoisotopic (exact) mass is 391 g/mol. The quantitative estimate of drug-likeness (QED) is 0.483. The SMILES string of the molecule is COc1cc(C=C(C#N)c2nc3ccccc3[nH]2)ccc1OCC(=O)OC(C)C. The number of hydrogen-bond donors (Lipinski definition) is 1. The summed E-state index contributed by atoms with van der Waals surface area (Å²) in [6, 6.07) is 14.9. The zero-order valence-electron chi connectivity index (χ0n) is 16.4. The molecule has 148 valence electrons. The molecule has 7 nitrogen and oxygen atoms in total. The summed E-state index contributed by atoms with van der Waals surface area (Å²) in [6.45, 7) is 3.33. The first kappa shape index (κ1) is 20.0. The molecule has 1 aromatic heterocycles. The number of nitriles is 1. The molecular weight excluding hydrogens is 370 g/mol. The van der Waals surface area contributed by atoms with Gasteiger partial charge in [0.1, 0.15) is 11.9 Å². The van der Waals surface area contributed by atoms with Crippen LogP contribution in [0.5, 0.6) is 11.5 Å². The van der Waals surface area contributed by atoms with Crippen molar-refractivity contribution >= 4 is 28.7 Å². The summed E-state index contributed by atoms with van der Waals surface area (Å²) in [4.78, 5) is 19.3. The van der Waals surface area contributed by atoms with E-state index >= 15 is 0 Å². The maximum Gasteiger partial charge on any atom is 0.344 e. The third-order valence-corrected chi connectivity index (χ3v) is 3.98. The molecule has 1 N–H and O–H groups in total.